The van der Waals surface area contributed by atoms with Crippen molar-refractivity contribution in [3.63, 3.8) is 0 Å². The molecule has 5 heteroatoms. The van der Waals surface area contributed by atoms with Gasteiger partial charge in [-0.2, -0.15) is 0 Å². The largest absolute Gasteiger partial charge is 0.340 e. The lowest BCUT2D eigenvalue weighted by atomic mass is 10.2. The monoisotopic (exact) mass is 175 g/mol. The molecule has 0 aliphatic carbocycles. The lowest BCUT2D eigenvalue weighted by Crippen LogP contribution is -2.30. The first-order valence-electron chi connectivity index (χ1n) is 3.58. The second-order valence-electron chi connectivity index (χ2n) is 2.77. The van der Waals surface area contributed by atoms with Gasteiger partial charge in [-0.05, 0) is 0 Å². The van der Waals surface area contributed by atoms with Crippen LogP contribution in [0.4, 0.5) is 8.78 Å². The van der Waals surface area contributed by atoms with Gasteiger partial charge in [0.2, 0.25) is 0 Å². The van der Waals surface area contributed by atoms with E-state index in [4.69, 9.17) is 5.73 Å². The first-order chi connectivity index (χ1) is 5.53. The minimum absolute atomic E-state index is 0.368. The Labute approximate surface area is 69.2 Å². The molecule has 0 aliphatic rings. The summed E-state index contributed by atoms with van der Waals surface area (Å²) < 4.78 is 27.0. The smallest absolute Gasteiger partial charge is 0.265 e. The molecule has 0 unspecified atom stereocenters. The van der Waals surface area contributed by atoms with Gasteiger partial charge >= 0.3 is 0 Å². The summed E-state index contributed by atoms with van der Waals surface area (Å²) in [6, 6.07) is 0. The molecule has 0 fully saturated rings. The predicted octanol–water partition coefficient (Wildman–Crippen LogP) is 0.557. The third kappa shape index (κ3) is 2.27. The van der Waals surface area contributed by atoms with Gasteiger partial charge in [-0.3, -0.25) is 0 Å². The van der Waals surface area contributed by atoms with Crippen LogP contribution in [-0.2, 0) is 13.5 Å². The normalized spacial score (nSPS) is 12.0. The molecule has 12 heavy (non-hydrogen) atoms. The molecule has 0 atom stereocenters. The Morgan fingerprint density at radius 1 is 1.67 bits per heavy atom. The summed E-state index contributed by atoms with van der Waals surface area (Å²) >= 11 is 0. The van der Waals surface area contributed by atoms with Gasteiger partial charge in [-0.1, -0.05) is 0 Å². The van der Waals surface area contributed by atoms with E-state index in [1.807, 2.05) is 0 Å². The summed E-state index contributed by atoms with van der Waals surface area (Å²) in [5.74, 6) is -2.84. The van der Waals surface area contributed by atoms with E-state index in [-0.39, 0.29) is 6.42 Å². The third-order valence-electron chi connectivity index (χ3n) is 1.50. The number of alkyl halides is 2. The predicted molar refractivity (Wildman–Crippen MR) is 40.9 cm³/mol. The van der Waals surface area contributed by atoms with Gasteiger partial charge in [-0.25, -0.2) is 13.8 Å². The fraction of sp³-hybridized carbons (Fsp3) is 0.571. The highest BCUT2D eigenvalue weighted by molar-refractivity contribution is 4.99. The first kappa shape index (κ1) is 9.12. The van der Waals surface area contributed by atoms with E-state index >= 15 is 0 Å². The number of hydrogen-bond acceptors (Lipinski definition) is 2. The average molecular weight is 175 g/mol. The van der Waals surface area contributed by atoms with E-state index < -0.39 is 12.5 Å². The van der Waals surface area contributed by atoms with E-state index in [2.05, 4.69) is 4.98 Å². The lowest BCUT2D eigenvalue weighted by Gasteiger charge is -2.10. The third-order valence-corrected chi connectivity index (χ3v) is 1.50. The molecule has 1 aromatic heterocycles. The second kappa shape index (κ2) is 3.18. The van der Waals surface area contributed by atoms with E-state index in [9.17, 15) is 8.78 Å². The zero-order chi connectivity index (χ0) is 9.19. The van der Waals surface area contributed by atoms with Crippen LogP contribution >= 0.6 is 0 Å². The van der Waals surface area contributed by atoms with Crippen LogP contribution in [0.3, 0.4) is 0 Å². The fourth-order valence-corrected chi connectivity index (χ4v) is 0.895. The van der Waals surface area contributed by atoms with E-state index in [1.54, 1.807) is 17.8 Å². The van der Waals surface area contributed by atoms with Crippen molar-refractivity contribution >= 4 is 0 Å². The fourth-order valence-electron chi connectivity index (χ4n) is 0.895. The zero-order valence-electron chi connectivity index (χ0n) is 6.80. The van der Waals surface area contributed by atoms with Crippen LogP contribution in [0.15, 0.2) is 12.5 Å². The van der Waals surface area contributed by atoms with Gasteiger partial charge in [0.15, 0.2) is 0 Å². The summed E-state index contributed by atoms with van der Waals surface area (Å²) in [6.45, 7) is -0.635. The van der Waals surface area contributed by atoms with Gasteiger partial charge in [0, 0.05) is 13.2 Å². The Kier molecular flexibility index (Phi) is 2.42. The number of imidazole rings is 1. The van der Waals surface area contributed by atoms with Crippen LogP contribution < -0.4 is 5.73 Å². The minimum Gasteiger partial charge on any atom is -0.340 e. The van der Waals surface area contributed by atoms with Crippen molar-refractivity contribution in [1.82, 2.24) is 9.55 Å². The zero-order valence-corrected chi connectivity index (χ0v) is 6.80. The molecule has 0 spiro atoms. The van der Waals surface area contributed by atoms with Gasteiger partial charge in [0.05, 0.1) is 25.0 Å². The van der Waals surface area contributed by atoms with E-state index in [1.165, 1.54) is 6.33 Å². The van der Waals surface area contributed by atoms with Crippen molar-refractivity contribution in [3.05, 3.63) is 18.2 Å². The molecule has 1 rings (SSSR count). The number of nitrogens with two attached hydrogens (primary N) is 1. The second-order valence-corrected chi connectivity index (χ2v) is 2.77. The highest BCUT2D eigenvalue weighted by Crippen LogP contribution is 2.16. The molecule has 2 N–H and O–H groups in total. The van der Waals surface area contributed by atoms with Crippen LogP contribution in [0.1, 0.15) is 5.69 Å². The number of rotatable bonds is 3. The molecule has 0 aromatic carbocycles. The SMILES string of the molecule is Cn1cnc(CC(F)(F)CN)c1. The highest BCUT2D eigenvalue weighted by atomic mass is 19.3. The first-order valence-corrected chi connectivity index (χ1v) is 3.58. The summed E-state index contributed by atoms with van der Waals surface area (Å²) in [7, 11) is 1.73. The molecule has 68 valence electrons. The summed E-state index contributed by atoms with van der Waals surface area (Å²) in [4.78, 5) is 3.78. The Balaban J connectivity index is 2.63. The lowest BCUT2D eigenvalue weighted by molar-refractivity contribution is 0.0106. The summed E-state index contributed by atoms with van der Waals surface area (Å²) in [5.41, 5.74) is 5.24. The number of nitrogens with zero attached hydrogens (tertiary/aromatic N) is 2. The Morgan fingerprint density at radius 2 is 2.33 bits per heavy atom. The quantitative estimate of drug-likeness (QED) is 0.729. The van der Waals surface area contributed by atoms with Crippen LogP contribution in [0, 0.1) is 0 Å². The molecule has 0 radical (unpaired) electrons. The highest BCUT2D eigenvalue weighted by Gasteiger charge is 2.27. The Hall–Kier alpha value is -0.970. The van der Waals surface area contributed by atoms with E-state index in [0.29, 0.717) is 5.69 Å². The molecule has 0 saturated heterocycles. The van der Waals surface area contributed by atoms with Crippen molar-refractivity contribution < 1.29 is 8.78 Å². The Morgan fingerprint density at radius 3 is 2.75 bits per heavy atom. The summed E-state index contributed by atoms with van der Waals surface area (Å²) in [5, 5.41) is 0. The number of hydrogen-bond donors (Lipinski definition) is 1. The summed E-state index contributed by atoms with van der Waals surface area (Å²) in [6.07, 6.45) is 2.66. The molecule has 0 aliphatic heterocycles. The maximum absolute atomic E-state index is 12.7. The van der Waals surface area contributed by atoms with Crippen molar-refractivity contribution in [2.75, 3.05) is 6.54 Å². The van der Waals surface area contributed by atoms with Crippen LogP contribution in [0.2, 0.25) is 0 Å². The van der Waals surface area contributed by atoms with Crippen molar-refractivity contribution in [3.8, 4) is 0 Å². The average Bonchev–Trinajstić information content (AvgIpc) is 2.35. The van der Waals surface area contributed by atoms with Gasteiger partial charge in [0.25, 0.3) is 5.92 Å². The Bertz CT molecular complexity index is 257. The number of aromatic nitrogens is 2. The van der Waals surface area contributed by atoms with Crippen LogP contribution in [0.5, 0.6) is 0 Å². The molecule has 0 amide bonds. The minimum atomic E-state index is -2.84. The van der Waals surface area contributed by atoms with Crippen molar-refractivity contribution in [2.24, 2.45) is 12.8 Å². The maximum atomic E-state index is 12.7. The maximum Gasteiger partial charge on any atom is 0.265 e. The molecule has 3 nitrogen and oxygen atoms in total. The standard InChI is InChI=1S/C7H11F2N3/c1-12-3-6(11-5-12)2-7(8,9)4-10/h3,5H,2,4,10H2,1H3. The topological polar surface area (TPSA) is 43.8 Å². The van der Waals surface area contributed by atoms with Crippen molar-refractivity contribution in [1.29, 1.82) is 0 Å². The molecular weight excluding hydrogens is 164 g/mol. The van der Waals surface area contributed by atoms with Crippen LogP contribution in [-0.4, -0.2) is 22.0 Å². The van der Waals surface area contributed by atoms with Gasteiger partial charge in [-0.15, -0.1) is 0 Å². The number of halogens is 2. The molecule has 0 bridgehead atoms. The molecule has 1 aromatic rings. The van der Waals surface area contributed by atoms with Gasteiger partial charge < -0.3 is 10.3 Å². The van der Waals surface area contributed by atoms with Crippen LogP contribution in [0.25, 0.3) is 0 Å². The van der Waals surface area contributed by atoms with E-state index in [0.717, 1.165) is 0 Å². The van der Waals surface area contributed by atoms with Crippen molar-refractivity contribution in [2.45, 2.75) is 12.3 Å². The van der Waals surface area contributed by atoms with Gasteiger partial charge in [0.1, 0.15) is 0 Å². The molecule has 1 heterocycles. The molecular formula is C7H11F2N3. The molecule has 0 saturated carbocycles. The number of aryl methyl sites for hydroxylation is 1.